The van der Waals surface area contributed by atoms with Crippen LogP contribution in [0.4, 0.5) is 10.1 Å². The molecule has 2 atom stereocenters. The van der Waals surface area contributed by atoms with Crippen LogP contribution in [-0.2, 0) is 4.79 Å². The molecule has 0 bridgehead atoms. The fourth-order valence-corrected chi connectivity index (χ4v) is 3.03. The van der Waals surface area contributed by atoms with Crippen molar-refractivity contribution < 1.29 is 9.18 Å². The van der Waals surface area contributed by atoms with E-state index in [4.69, 9.17) is 0 Å². The summed E-state index contributed by atoms with van der Waals surface area (Å²) in [5.41, 5.74) is 1.49. The number of fused-ring (bicyclic) bond motifs is 1. The summed E-state index contributed by atoms with van der Waals surface area (Å²) in [5.74, 6) is -0.0278. The number of carbonyl (C=O) groups is 1. The first-order chi connectivity index (χ1) is 8.66. The predicted molar refractivity (Wildman–Crippen MR) is 67.8 cm³/mol. The fraction of sp³-hybridized carbons (Fsp3) is 0.500. The summed E-state index contributed by atoms with van der Waals surface area (Å²) in [6.07, 6.45) is 2.40. The van der Waals surface area contributed by atoms with Gasteiger partial charge in [-0.3, -0.25) is 4.79 Å². The van der Waals surface area contributed by atoms with Crippen molar-refractivity contribution in [1.29, 1.82) is 0 Å². The van der Waals surface area contributed by atoms with Crippen molar-refractivity contribution in [3.8, 4) is 0 Å². The summed E-state index contributed by atoms with van der Waals surface area (Å²) in [4.78, 5) is 13.8. The van der Waals surface area contributed by atoms with Gasteiger partial charge in [0, 0.05) is 24.6 Å². The van der Waals surface area contributed by atoms with Gasteiger partial charge in [0.05, 0.1) is 11.7 Å². The molecule has 2 aliphatic rings. The van der Waals surface area contributed by atoms with E-state index in [0.717, 1.165) is 24.9 Å². The number of nitrogens with zero attached hydrogens (tertiary/aromatic N) is 1. The lowest BCUT2D eigenvalue weighted by Gasteiger charge is -2.37. The zero-order chi connectivity index (χ0) is 12.7. The van der Waals surface area contributed by atoms with Gasteiger partial charge in [-0.05, 0) is 25.8 Å². The molecule has 3 rings (SSSR count). The van der Waals surface area contributed by atoms with E-state index < -0.39 is 0 Å². The van der Waals surface area contributed by atoms with Crippen molar-refractivity contribution in [1.82, 2.24) is 4.90 Å². The van der Waals surface area contributed by atoms with Crippen LogP contribution in [0.5, 0.6) is 0 Å². The Morgan fingerprint density at radius 1 is 1.44 bits per heavy atom. The van der Waals surface area contributed by atoms with Crippen LogP contribution in [0.2, 0.25) is 0 Å². The number of halogens is 1. The second-order valence-corrected chi connectivity index (χ2v) is 5.19. The van der Waals surface area contributed by atoms with Crippen LogP contribution in [-0.4, -0.2) is 23.4 Å². The third-order valence-corrected chi connectivity index (χ3v) is 3.86. The topological polar surface area (TPSA) is 32.3 Å². The van der Waals surface area contributed by atoms with Gasteiger partial charge in [0.1, 0.15) is 5.82 Å². The molecule has 1 N–H and O–H groups in total. The highest BCUT2D eigenvalue weighted by Gasteiger charge is 2.34. The Labute approximate surface area is 106 Å². The lowest BCUT2D eigenvalue weighted by atomic mass is 9.92. The molecule has 3 nitrogen and oxygen atoms in total. The van der Waals surface area contributed by atoms with Crippen LogP contribution >= 0.6 is 0 Å². The second kappa shape index (κ2) is 4.26. The van der Waals surface area contributed by atoms with E-state index in [1.165, 1.54) is 6.07 Å². The van der Waals surface area contributed by atoms with Gasteiger partial charge in [-0.15, -0.1) is 0 Å². The lowest BCUT2D eigenvalue weighted by Crippen LogP contribution is -2.37. The van der Waals surface area contributed by atoms with E-state index in [9.17, 15) is 9.18 Å². The third-order valence-electron chi connectivity index (χ3n) is 3.86. The van der Waals surface area contributed by atoms with Crippen molar-refractivity contribution in [2.24, 2.45) is 0 Å². The number of amides is 1. The maximum absolute atomic E-state index is 13.8. The van der Waals surface area contributed by atoms with Crippen molar-refractivity contribution in [3.05, 3.63) is 29.6 Å². The number of likely N-dealkylation sites (tertiary alicyclic amines) is 1. The quantitative estimate of drug-likeness (QED) is 0.828. The molecule has 0 radical (unpaired) electrons. The second-order valence-electron chi connectivity index (χ2n) is 5.19. The van der Waals surface area contributed by atoms with Gasteiger partial charge in [-0.1, -0.05) is 12.1 Å². The molecule has 1 saturated heterocycles. The number of rotatable bonds is 1. The maximum atomic E-state index is 13.8. The smallest absolute Gasteiger partial charge is 0.223 e. The molecule has 0 aliphatic carbocycles. The summed E-state index contributed by atoms with van der Waals surface area (Å²) >= 11 is 0. The van der Waals surface area contributed by atoms with Crippen LogP contribution < -0.4 is 5.32 Å². The van der Waals surface area contributed by atoms with E-state index in [1.54, 1.807) is 6.07 Å². The van der Waals surface area contributed by atoms with Gasteiger partial charge < -0.3 is 10.2 Å². The van der Waals surface area contributed by atoms with Gasteiger partial charge in [0.25, 0.3) is 0 Å². The molecule has 2 aliphatic heterocycles. The number of hydrogen-bond acceptors (Lipinski definition) is 2. The summed E-state index contributed by atoms with van der Waals surface area (Å²) in [6.45, 7) is 2.83. The Balaban J connectivity index is 2.02. The predicted octanol–water partition coefficient (Wildman–Crippen LogP) is 2.69. The largest absolute Gasteiger partial charge is 0.380 e. The summed E-state index contributed by atoms with van der Waals surface area (Å²) < 4.78 is 13.8. The van der Waals surface area contributed by atoms with E-state index in [0.29, 0.717) is 12.1 Å². The molecule has 1 amide bonds. The van der Waals surface area contributed by atoms with Crippen LogP contribution in [0.25, 0.3) is 0 Å². The highest BCUT2D eigenvalue weighted by molar-refractivity contribution is 5.79. The number of para-hydroxylation sites is 1. The summed E-state index contributed by atoms with van der Waals surface area (Å²) in [5, 5.41) is 3.18. The average molecular weight is 248 g/mol. The molecule has 1 fully saturated rings. The van der Waals surface area contributed by atoms with E-state index in [2.05, 4.69) is 5.32 Å². The first-order valence-electron chi connectivity index (χ1n) is 6.51. The number of anilines is 1. The molecule has 1 aromatic rings. The minimum atomic E-state index is -0.226. The normalized spacial score (nSPS) is 27.0. The molecule has 1 unspecified atom stereocenters. The molecule has 2 heterocycles. The fourth-order valence-electron chi connectivity index (χ4n) is 3.03. The molecular weight excluding hydrogens is 231 g/mol. The Morgan fingerprint density at radius 2 is 2.28 bits per heavy atom. The van der Waals surface area contributed by atoms with Gasteiger partial charge in [0.2, 0.25) is 5.91 Å². The van der Waals surface area contributed by atoms with Gasteiger partial charge >= 0.3 is 0 Å². The van der Waals surface area contributed by atoms with Crippen LogP contribution in [0.15, 0.2) is 18.2 Å². The standard InChI is InChI=1S/C14H17FN2O/c1-9-8-12(17-7-3-6-13(17)18)10-4-2-5-11(15)14(10)16-9/h2,4-5,9,12,16H,3,6-8H2,1H3/t9-,12?/m1/s1. The molecule has 0 saturated carbocycles. The van der Waals surface area contributed by atoms with Crippen molar-refractivity contribution >= 4 is 11.6 Å². The van der Waals surface area contributed by atoms with E-state index in [1.807, 2.05) is 17.9 Å². The monoisotopic (exact) mass is 248 g/mol. The molecular formula is C14H17FN2O. The average Bonchev–Trinajstić information content (AvgIpc) is 2.76. The van der Waals surface area contributed by atoms with E-state index >= 15 is 0 Å². The van der Waals surface area contributed by atoms with Gasteiger partial charge in [-0.2, -0.15) is 0 Å². The molecule has 96 valence electrons. The molecule has 18 heavy (non-hydrogen) atoms. The Morgan fingerprint density at radius 3 is 3.00 bits per heavy atom. The molecule has 0 aromatic heterocycles. The van der Waals surface area contributed by atoms with Crippen LogP contribution in [0.1, 0.15) is 37.8 Å². The maximum Gasteiger partial charge on any atom is 0.223 e. The first kappa shape index (κ1) is 11.5. The summed E-state index contributed by atoms with van der Waals surface area (Å²) in [6, 6.07) is 5.33. The van der Waals surface area contributed by atoms with Crippen molar-refractivity contribution in [2.75, 3.05) is 11.9 Å². The molecule has 0 spiro atoms. The van der Waals surface area contributed by atoms with Gasteiger partial charge in [-0.25, -0.2) is 4.39 Å². The number of nitrogens with one attached hydrogen (secondary N) is 1. The minimum Gasteiger partial charge on any atom is -0.380 e. The zero-order valence-corrected chi connectivity index (χ0v) is 10.4. The number of benzene rings is 1. The van der Waals surface area contributed by atoms with Crippen LogP contribution in [0.3, 0.4) is 0 Å². The number of carbonyl (C=O) groups excluding carboxylic acids is 1. The third kappa shape index (κ3) is 1.76. The number of hydrogen-bond donors (Lipinski definition) is 1. The first-order valence-corrected chi connectivity index (χ1v) is 6.51. The lowest BCUT2D eigenvalue weighted by molar-refractivity contribution is -0.130. The Kier molecular flexibility index (Phi) is 2.73. The minimum absolute atomic E-state index is 0.0296. The Bertz CT molecular complexity index is 489. The summed E-state index contributed by atoms with van der Waals surface area (Å²) in [7, 11) is 0. The highest BCUT2D eigenvalue weighted by Crippen LogP contribution is 2.39. The van der Waals surface area contributed by atoms with Crippen LogP contribution in [0, 0.1) is 5.82 Å². The van der Waals surface area contributed by atoms with E-state index in [-0.39, 0.29) is 23.8 Å². The highest BCUT2D eigenvalue weighted by atomic mass is 19.1. The Hall–Kier alpha value is -1.58. The van der Waals surface area contributed by atoms with Gasteiger partial charge in [0.15, 0.2) is 0 Å². The zero-order valence-electron chi connectivity index (χ0n) is 10.4. The van der Waals surface area contributed by atoms with Crippen molar-refractivity contribution in [2.45, 2.75) is 38.3 Å². The SMILES string of the molecule is C[C@@H]1CC(N2CCCC2=O)c2cccc(F)c2N1. The molecule has 4 heteroatoms. The van der Waals surface area contributed by atoms with Crippen molar-refractivity contribution in [3.63, 3.8) is 0 Å². The molecule has 1 aromatic carbocycles.